The number of carbonyl (C=O) groups is 1. The number of hydrogen-bond acceptors (Lipinski definition) is 5. The van der Waals surface area contributed by atoms with Crippen LogP contribution in [0.1, 0.15) is 0 Å². The Hall–Kier alpha value is -2.32. The largest absolute Gasteiger partial charge is 0.325 e. The summed E-state index contributed by atoms with van der Waals surface area (Å²) in [5, 5.41) is 11.8. The van der Waals surface area contributed by atoms with Crippen molar-refractivity contribution < 1.29 is 9.18 Å². The molecule has 0 aliphatic heterocycles. The lowest BCUT2D eigenvalue weighted by atomic mass is 10.2. The Bertz CT molecular complexity index is 912. The summed E-state index contributed by atoms with van der Waals surface area (Å²) in [4.78, 5) is 13.3. The smallest absolute Gasteiger partial charge is 0.234 e. The van der Waals surface area contributed by atoms with Gasteiger partial charge in [0, 0.05) is 23.2 Å². The molecular formula is C18H17FN4OS2. The van der Waals surface area contributed by atoms with E-state index in [0.717, 1.165) is 16.1 Å². The summed E-state index contributed by atoms with van der Waals surface area (Å²) < 4.78 is 14.8. The van der Waals surface area contributed by atoms with Crippen molar-refractivity contribution in [3.63, 3.8) is 0 Å². The average Bonchev–Trinajstić information content (AvgIpc) is 3.01. The zero-order chi connectivity index (χ0) is 18.5. The molecule has 0 saturated carbocycles. The van der Waals surface area contributed by atoms with Crippen molar-refractivity contribution in [1.29, 1.82) is 0 Å². The first-order chi connectivity index (χ1) is 12.6. The fraction of sp³-hybridized carbons (Fsp3) is 0.167. The molecule has 1 heterocycles. The van der Waals surface area contributed by atoms with Crippen molar-refractivity contribution in [1.82, 2.24) is 14.8 Å². The van der Waals surface area contributed by atoms with Crippen LogP contribution in [0.2, 0.25) is 0 Å². The minimum Gasteiger partial charge on any atom is -0.325 e. The van der Waals surface area contributed by atoms with E-state index >= 15 is 0 Å². The molecule has 2 aromatic carbocycles. The number of amides is 1. The van der Waals surface area contributed by atoms with Gasteiger partial charge in [-0.05, 0) is 48.7 Å². The Balaban J connectivity index is 1.62. The molecule has 0 aliphatic carbocycles. The highest BCUT2D eigenvalue weighted by atomic mass is 32.2. The number of thioether (sulfide) groups is 2. The van der Waals surface area contributed by atoms with Gasteiger partial charge in [-0.3, -0.25) is 4.79 Å². The van der Waals surface area contributed by atoms with Gasteiger partial charge < -0.3 is 9.88 Å². The van der Waals surface area contributed by atoms with E-state index in [1.54, 1.807) is 28.5 Å². The van der Waals surface area contributed by atoms with Gasteiger partial charge in [0.1, 0.15) is 5.82 Å². The van der Waals surface area contributed by atoms with E-state index in [0.29, 0.717) is 11.0 Å². The molecule has 0 aliphatic rings. The third kappa shape index (κ3) is 4.44. The molecule has 0 fully saturated rings. The van der Waals surface area contributed by atoms with Crippen LogP contribution in [0.3, 0.4) is 0 Å². The van der Waals surface area contributed by atoms with E-state index in [-0.39, 0.29) is 17.5 Å². The molecule has 5 nitrogen and oxygen atoms in total. The van der Waals surface area contributed by atoms with Crippen LogP contribution in [0.25, 0.3) is 11.4 Å². The molecule has 26 heavy (non-hydrogen) atoms. The fourth-order valence-electron chi connectivity index (χ4n) is 2.32. The lowest BCUT2D eigenvalue weighted by Gasteiger charge is -2.07. The number of halogens is 1. The Morgan fingerprint density at radius 3 is 2.69 bits per heavy atom. The van der Waals surface area contributed by atoms with Crippen molar-refractivity contribution in [2.75, 3.05) is 17.3 Å². The predicted molar refractivity (Wildman–Crippen MR) is 104 cm³/mol. The molecule has 1 aromatic heterocycles. The van der Waals surface area contributed by atoms with E-state index in [2.05, 4.69) is 15.5 Å². The summed E-state index contributed by atoms with van der Waals surface area (Å²) in [7, 11) is 1.82. The highest BCUT2D eigenvalue weighted by Crippen LogP contribution is 2.23. The number of aromatic nitrogens is 3. The highest BCUT2D eigenvalue weighted by Gasteiger charge is 2.13. The minimum atomic E-state index is -0.298. The third-order valence-corrected chi connectivity index (χ3v) is 5.37. The predicted octanol–water partition coefficient (Wildman–Crippen LogP) is 4.07. The lowest BCUT2D eigenvalue weighted by Crippen LogP contribution is -2.14. The molecule has 3 aromatic rings. The van der Waals surface area contributed by atoms with E-state index in [4.69, 9.17) is 0 Å². The van der Waals surface area contributed by atoms with Crippen molar-refractivity contribution in [3.8, 4) is 11.4 Å². The van der Waals surface area contributed by atoms with Crippen molar-refractivity contribution in [2.45, 2.75) is 10.1 Å². The van der Waals surface area contributed by atoms with Gasteiger partial charge in [-0.1, -0.05) is 17.8 Å². The summed E-state index contributed by atoms with van der Waals surface area (Å²) in [6.07, 6.45) is 1.99. The number of nitrogens with one attached hydrogen (secondary N) is 1. The minimum absolute atomic E-state index is 0.111. The quantitative estimate of drug-likeness (QED) is 0.645. The molecule has 0 spiro atoms. The van der Waals surface area contributed by atoms with E-state index in [9.17, 15) is 9.18 Å². The Morgan fingerprint density at radius 1 is 1.19 bits per heavy atom. The van der Waals surface area contributed by atoms with Crippen LogP contribution in [0, 0.1) is 5.82 Å². The topological polar surface area (TPSA) is 59.8 Å². The van der Waals surface area contributed by atoms with Gasteiger partial charge in [-0.25, -0.2) is 4.39 Å². The van der Waals surface area contributed by atoms with Crippen molar-refractivity contribution in [3.05, 3.63) is 54.3 Å². The van der Waals surface area contributed by atoms with Crippen LogP contribution in [-0.2, 0) is 11.8 Å². The molecular weight excluding hydrogens is 371 g/mol. The standard InChI is InChI=1S/C18H17FN4OS2/c1-23-17(12-6-8-13(19)9-7-12)21-22-18(23)26-11-16(24)20-14-4-3-5-15(10-14)25-2/h3-10H,11H2,1-2H3,(H,20,24). The first kappa shape index (κ1) is 18.5. The lowest BCUT2D eigenvalue weighted by molar-refractivity contribution is -0.113. The monoisotopic (exact) mass is 388 g/mol. The molecule has 0 radical (unpaired) electrons. The van der Waals surface area contributed by atoms with Gasteiger partial charge in [0.25, 0.3) is 0 Å². The maximum absolute atomic E-state index is 13.1. The first-order valence-corrected chi connectivity index (χ1v) is 10.00. The first-order valence-electron chi connectivity index (χ1n) is 7.79. The normalized spacial score (nSPS) is 10.7. The van der Waals surface area contributed by atoms with Crippen LogP contribution in [0.15, 0.2) is 58.6 Å². The summed E-state index contributed by atoms with van der Waals surface area (Å²) in [5.41, 5.74) is 1.54. The number of nitrogens with zero attached hydrogens (tertiary/aromatic N) is 3. The number of benzene rings is 2. The zero-order valence-electron chi connectivity index (χ0n) is 14.3. The van der Waals surface area contributed by atoms with E-state index in [1.807, 2.05) is 37.6 Å². The van der Waals surface area contributed by atoms with E-state index < -0.39 is 0 Å². The van der Waals surface area contributed by atoms with Crippen molar-refractivity contribution in [2.24, 2.45) is 7.05 Å². The van der Waals surface area contributed by atoms with Gasteiger partial charge in [-0.2, -0.15) is 0 Å². The molecule has 0 atom stereocenters. The number of anilines is 1. The second-order valence-electron chi connectivity index (χ2n) is 5.44. The van der Waals surface area contributed by atoms with Crippen LogP contribution in [0.4, 0.5) is 10.1 Å². The van der Waals surface area contributed by atoms with Gasteiger partial charge in [0.15, 0.2) is 11.0 Å². The summed E-state index contributed by atoms with van der Waals surface area (Å²) in [6.45, 7) is 0. The SMILES string of the molecule is CSc1cccc(NC(=O)CSc2nnc(-c3ccc(F)cc3)n2C)c1. The van der Waals surface area contributed by atoms with Gasteiger partial charge >= 0.3 is 0 Å². The Labute approximate surface area is 159 Å². The summed E-state index contributed by atoms with van der Waals surface area (Å²) in [5.74, 6) is 0.437. The van der Waals surface area contributed by atoms with Crippen LogP contribution < -0.4 is 5.32 Å². The molecule has 0 bridgehead atoms. The number of rotatable bonds is 6. The van der Waals surface area contributed by atoms with Gasteiger partial charge in [0.05, 0.1) is 5.75 Å². The summed E-state index contributed by atoms with van der Waals surface area (Å²) in [6, 6.07) is 13.8. The zero-order valence-corrected chi connectivity index (χ0v) is 15.9. The van der Waals surface area contributed by atoms with Crippen LogP contribution in [0.5, 0.6) is 0 Å². The fourth-order valence-corrected chi connectivity index (χ4v) is 3.49. The average molecular weight is 388 g/mol. The van der Waals surface area contributed by atoms with Crippen LogP contribution in [-0.4, -0.2) is 32.7 Å². The number of hydrogen-bond donors (Lipinski definition) is 1. The molecule has 1 amide bonds. The molecule has 134 valence electrons. The van der Waals surface area contributed by atoms with E-state index in [1.165, 1.54) is 23.9 Å². The maximum Gasteiger partial charge on any atom is 0.234 e. The maximum atomic E-state index is 13.1. The molecule has 0 saturated heterocycles. The summed E-state index contributed by atoms with van der Waals surface area (Å²) >= 11 is 2.92. The Morgan fingerprint density at radius 2 is 1.96 bits per heavy atom. The molecule has 0 unspecified atom stereocenters. The van der Waals surface area contributed by atoms with Crippen molar-refractivity contribution >= 4 is 35.1 Å². The number of carbonyl (C=O) groups excluding carboxylic acids is 1. The molecule has 8 heteroatoms. The van der Waals surface area contributed by atoms with Crippen LogP contribution >= 0.6 is 23.5 Å². The molecule has 3 rings (SSSR count). The highest BCUT2D eigenvalue weighted by molar-refractivity contribution is 7.99. The van der Waals surface area contributed by atoms with Gasteiger partial charge in [0.2, 0.25) is 5.91 Å². The van der Waals surface area contributed by atoms with Gasteiger partial charge in [-0.15, -0.1) is 22.0 Å². The second-order valence-corrected chi connectivity index (χ2v) is 7.26. The Kier molecular flexibility index (Phi) is 5.95. The third-order valence-electron chi connectivity index (χ3n) is 3.62. The molecule has 1 N–H and O–H groups in total. The second kappa shape index (κ2) is 8.37.